The quantitative estimate of drug-likeness (QED) is 0.840. The number of carboxylic acids is 1. The van der Waals surface area contributed by atoms with Crippen molar-refractivity contribution in [2.75, 3.05) is 33.9 Å². The van der Waals surface area contributed by atoms with Gasteiger partial charge in [0.2, 0.25) is 0 Å². The minimum absolute atomic E-state index is 0.496. The summed E-state index contributed by atoms with van der Waals surface area (Å²) >= 11 is 0. The van der Waals surface area contributed by atoms with Crippen LogP contribution in [0, 0.1) is 0 Å². The Bertz CT molecular complexity index is 461. The number of carbonyl (C=O) groups is 1. The van der Waals surface area contributed by atoms with Gasteiger partial charge >= 0.3 is 5.97 Å². The van der Waals surface area contributed by atoms with Gasteiger partial charge < -0.3 is 14.6 Å². The normalized spacial score (nSPS) is 15.1. The number of hydrogen-bond acceptors (Lipinski definition) is 4. The van der Waals surface area contributed by atoms with Crippen molar-refractivity contribution in [2.45, 2.75) is 12.5 Å². The van der Waals surface area contributed by atoms with Crippen LogP contribution in [-0.2, 0) is 16.0 Å². The fourth-order valence-corrected chi connectivity index (χ4v) is 2.38. The van der Waals surface area contributed by atoms with Gasteiger partial charge in [0.1, 0.15) is 11.8 Å². The van der Waals surface area contributed by atoms with Gasteiger partial charge in [-0.25, -0.2) is 0 Å². The third kappa shape index (κ3) is 2.88. The highest BCUT2D eigenvalue weighted by Gasteiger charge is 2.30. The molecule has 5 nitrogen and oxygen atoms in total. The lowest BCUT2D eigenvalue weighted by Crippen LogP contribution is -2.33. The molecule has 1 N–H and O–H groups in total. The topological polar surface area (TPSA) is 59.0 Å². The molecule has 1 aromatic carbocycles. The zero-order chi connectivity index (χ0) is 13.8. The second-order valence-corrected chi connectivity index (χ2v) is 4.65. The summed E-state index contributed by atoms with van der Waals surface area (Å²) in [6, 6.07) is 5.00. The summed E-state index contributed by atoms with van der Waals surface area (Å²) in [4.78, 5) is 13.3. The van der Waals surface area contributed by atoms with Crippen molar-refractivity contribution in [3.63, 3.8) is 0 Å². The predicted molar refractivity (Wildman–Crippen MR) is 70.5 cm³/mol. The largest absolute Gasteiger partial charge is 0.493 e. The van der Waals surface area contributed by atoms with Crippen LogP contribution in [-0.4, -0.2) is 49.9 Å². The van der Waals surface area contributed by atoms with Crippen LogP contribution in [0.25, 0.3) is 0 Å². The maximum atomic E-state index is 11.6. The van der Waals surface area contributed by atoms with Gasteiger partial charge in [-0.15, -0.1) is 0 Å². The maximum absolute atomic E-state index is 11.6. The molecule has 0 spiro atoms. The van der Waals surface area contributed by atoms with E-state index in [0.717, 1.165) is 23.3 Å². The summed E-state index contributed by atoms with van der Waals surface area (Å²) in [5.41, 5.74) is 1.81. The molecule has 19 heavy (non-hydrogen) atoms. The van der Waals surface area contributed by atoms with E-state index in [0.29, 0.717) is 19.8 Å². The zero-order valence-electron chi connectivity index (χ0n) is 11.3. The van der Waals surface area contributed by atoms with Crippen LogP contribution in [0.15, 0.2) is 18.2 Å². The molecule has 1 aromatic rings. The highest BCUT2D eigenvalue weighted by molar-refractivity contribution is 5.77. The Hall–Kier alpha value is -1.59. The Morgan fingerprint density at radius 2 is 2.37 bits per heavy atom. The molecule has 0 saturated carbocycles. The van der Waals surface area contributed by atoms with Crippen molar-refractivity contribution in [3.8, 4) is 5.75 Å². The van der Waals surface area contributed by atoms with E-state index in [-0.39, 0.29) is 0 Å². The van der Waals surface area contributed by atoms with E-state index in [4.69, 9.17) is 9.47 Å². The van der Waals surface area contributed by atoms with Gasteiger partial charge in [-0.05, 0) is 12.6 Å². The van der Waals surface area contributed by atoms with Crippen LogP contribution in [0.2, 0.25) is 0 Å². The summed E-state index contributed by atoms with van der Waals surface area (Å²) in [6.07, 6.45) is 0.845. The van der Waals surface area contributed by atoms with E-state index < -0.39 is 12.0 Å². The molecule has 1 atom stereocenters. The van der Waals surface area contributed by atoms with Crippen molar-refractivity contribution in [1.29, 1.82) is 0 Å². The second-order valence-electron chi connectivity index (χ2n) is 4.65. The first-order valence-electron chi connectivity index (χ1n) is 6.31. The smallest absolute Gasteiger partial charge is 0.325 e. The van der Waals surface area contributed by atoms with Gasteiger partial charge in [0, 0.05) is 25.6 Å². The molecule has 0 bridgehead atoms. The Balaban J connectivity index is 2.29. The number of likely N-dealkylation sites (N-methyl/N-ethyl adjacent to an activating group) is 1. The van der Waals surface area contributed by atoms with Crippen molar-refractivity contribution < 1.29 is 19.4 Å². The van der Waals surface area contributed by atoms with E-state index in [1.807, 2.05) is 18.2 Å². The first kappa shape index (κ1) is 13.8. The minimum Gasteiger partial charge on any atom is -0.493 e. The molecule has 0 fully saturated rings. The van der Waals surface area contributed by atoms with E-state index in [2.05, 4.69) is 0 Å². The predicted octanol–water partition coefficient (Wildman–Crippen LogP) is 1.33. The molecule has 5 heteroatoms. The molecular formula is C14H19NO4. The Morgan fingerprint density at radius 1 is 1.58 bits per heavy atom. The van der Waals surface area contributed by atoms with Crippen LogP contribution in [0.1, 0.15) is 17.2 Å². The average molecular weight is 265 g/mol. The molecule has 1 heterocycles. The molecule has 0 aromatic heterocycles. The lowest BCUT2D eigenvalue weighted by molar-refractivity contribution is -0.143. The van der Waals surface area contributed by atoms with Gasteiger partial charge in [0.05, 0.1) is 13.2 Å². The highest BCUT2D eigenvalue weighted by atomic mass is 16.5. The van der Waals surface area contributed by atoms with Gasteiger partial charge in [-0.3, -0.25) is 9.69 Å². The van der Waals surface area contributed by atoms with Crippen molar-refractivity contribution in [1.82, 2.24) is 4.90 Å². The molecule has 0 radical (unpaired) electrons. The Kier molecular flexibility index (Phi) is 4.39. The third-order valence-electron chi connectivity index (χ3n) is 3.36. The molecule has 0 amide bonds. The number of fused-ring (bicyclic) bond motifs is 1. The van der Waals surface area contributed by atoms with Crippen LogP contribution < -0.4 is 4.74 Å². The summed E-state index contributed by atoms with van der Waals surface area (Å²) in [7, 11) is 3.39. The van der Waals surface area contributed by atoms with Crippen molar-refractivity contribution in [3.05, 3.63) is 29.3 Å². The third-order valence-corrected chi connectivity index (χ3v) is 3.36. The number of nitrogens with zero attached hydrogens (tertiary/aromatic N) is 1. The van der Waals surface area contributed by atoms with Crippen molar-refractivity contribution >= 4 is 5.97 Å². The SMILES string of the molecule is COCCN(C)C(C(=O)O)c1cccc2c1OCC2. The van der Waals surface area contributed by atoms with Gasteiger partial charge in [0.25, 0.3) is 0 Å². The number of para-hydroxylation sites is 1. The van der Waals surface area contributed by atoms with Crippen LogP contribution in [0.3, 0.4) is 0 Å². The number of methoxy groups -OCH3 is 1. The fraction of sp³-hybridized carbons (Fsp3) is 0.500. The van der Waals surface area contributed by atoms with Gasteiger partial charge in [0.15, 0.2) is 0 Å². The first-order chi connectivity index (χ1) is 9.15. The molecular weight excluding hydrogens is 246 g/mol. The van der Waals surface area contributed by atoms with Crippen molar-refractivity contribution in [2.24, 2.45) is 0 Å². The highest BCUT2D eigenvalue weighted by Crippen LogP contribution is 2.35. The van der Waals surface area contributed by atoms with Crippen LogP contribution >= 0.6 is 0 Å². The fourth-order valence-electron chi connectivity index (χ4n) is 2.38. The van der Waals surface area contributed by atoms with E-state index in [1.54, 1.807) is 19.1 Å². The minimum atomic E-state index is -0.873. The Morgan fingerprint density at radius 3 is 3.05 bits per heavy atom. The molecule has 1 aliphatic rings. The summed E-state index contributed by atoms with van der Waals surface area (Å²) in [5.74, 6) is -0.137. The second kappa shape index (κ2) is 6.04. The standard InChI is InChI=1S/C14H19NO4/c1-15(7-9-18-2)12(14(16)17)11-5-3-4-10-6-8-19-13(10)11/h3-5,12H,6-9H2,1-2H3,(H,16,17). The molecule has 104 valence electrons. The molecule has 0 saturated heterocycles. The molecule has 1 unspecified atom stereocenters. The van der Waals surface area contributed by atoms with Gasteiger partial charge in [-0.2, -0.15) is 0 Å². The number of benzene rings is 1. The maximum Gasteiger partial charge on any atom is 0.325 e. The Labute approximate surface area is 112 Å². The van der Waals surface area contributed by atoms with E-state index >= 15 is 0 Å². The van der Waals surface area contributed by atoms with E-state index in [1.165, 1.54) is 0 Å². The van der Waals surface area contributed by atoms with Crippen LogP contribution in [0.4, 0.5) is 0 Å². The van der Waals surface area contributed by atoms with E-state index in [9.17, 15) is 9.90 Å². The average Bonchev–Trinajstić information content (AvgIpc) is 2.85. The lowest BCUT2D eigenvalue weighted by atomic mass is 10.0. The first-order valence-corrected chi connectivity index (χ1v) is 6.31. The number of carboxylic acid groups (broad SMARTS) is 1. The molecule has 2 rings (SSSR count). The lowest BCUT2D eigenvalue weighted by Gasteiger charge is -2.25. The molecule has 0 aliphatic carbocycles. The number of hydrogen-bond donors (Lipinski definition) is 1. The summed E-state index contributed by atoms with van der Waals surface area (Å²) in [5, 5.41) is 9.49. The summed E-state index contributed by atoms with van der Waals surface area (Å²) in [6.45, 7) is 1.67. The van der Waals surface area contributed by atoms with Gasteiger partial charge in [-0.1, -0.05) is 18.2 Å². The monoisotopic (exact) mass is 265 g/mol. The molecule has 1 aliphatic heterocycles. The number of rotatable bonds is 6. The summed E-state index contributed by atoms with van der Waals surface area (Å²) < 4.78 is 10.6. The van der Waals surface area contributed by atoms with Crippen LogP contribution in [0.5, 0.6) is 5.75 Å². The zero-order valence-corrected chi connectivity index (χ0v) is 11.3. The number of ether oxygens (including phenoxy) is 2. The number of aliphatic carboxylic acids is 1.